The molecule has 5 aromatic carbocycles. The Labute approximate surface area is 819 Å². The molecule has 672 valence electrons. The zero-order valence-corrected chi connectivity index (χ0v) is 83.2. The normalized spacial score (nSPS) is 12.5. The Morgan fingerprint density at radius 1 is 0.305 bits per heavy atom. The van der Waals surface area contributed by atoms with Crippen LogP contribution in [-0.4, -0.2) is 98.2 Å². The van der Waals surface area contributed by atoms with Crippen LogP contribution in [0, 0.1) is 138 Å². The van der Waals surface area contributed by atoms with Crippen LogP contribution in [0.15, 0.2) is 249 Å². The molecule has 21 rings (SSSR count). The number of fused-ring (bicyclic) bond motifs is 5. The Morgan fingerprint density at radius 2 is 0.641 bits per heavy atom. The standard InChI is InChI=1S/C28H22N5O.C26H24N5O.C25H21N5O.C24H20N5O.4Pt/c1-19-20(2)33-27(24-11-6-7-14-29-24)16-23(17-28(33)30-19)34-22-10-8-9-21(15-22)32-18-31(3)25-12-4-5-13-26(25)32;1-17-18(2)31-25(24-11-6-7-12-27-24)14-23(15-26(31)28-17)32-22-10-8-9-21(13-22)30-16-29(5)19(3)20(30)4;1-16-12-17(2)30(28-16)20-8-7-9-21(13-20)31-22-14-24(23-10-5-6-11-26-23)29-19(4)18(3)27-25(29)15-22;1-17-18(2)29-23(22-9-4-5-10-25-22)14-21(15-24(29)26-17)30-20-8-6-7-19(13-20)28-12-11-27(3)16-28;;;;/h4-14,17-18H,1-3H3;6-12,15-16H,1-5H3;5-12,15H,1-4H3;4-12,15-16H,1-3H3;;;;/q2*-3;-2;-3;;;;+2. The van der Waals surface area contributed by atoms with Crippen LogP contribution in [0.3, 0.4) is 0 Å². The van der Waals surface area contributed by atoms with E-state index >= 15 is 0 Å². The van der Waals surface area contributed by atoms with Crippen molar-refractivity contribution in [3.05, 3.63) is 374 Å². The van der Waals surface area contributed by atoms with Crippen molar-refractivity contribution in [1.29, 1.82) is 0 Å². The topological polar surface area (TPSA) is 195 Å². The molecule has 13 aromatic heterocycles. The molecule has 131 heavy (non-hydrogen) atoms. The largest absolute Gasteiger partial charge is 2.00 e. The third-order valence-electron chi connectivity index (χ3n) is 22.2. The smallest absolute Gasteiger partial charge is 0.510 e. The van der Waals surface area contributed by atoms with Crippen LogP contribution >= 0.6 is 0 Å². The second-order valence-corrected chi connectivity index (χ2v) is 30.9. The number of hydrogen-bond acceptors (Lipinski definition) is 19. The molecule has 0 radical (unpaired) electrons. The van der Waals surface area contributed by atoms with Crippen molar-refractivity contribution >= 4 is 51.0 Å². The van der Waals surface area contributed by atoms with Gasteiger partial charge in [-0.3, -0.25) is 4.68 Å². The molecule has 0 atom stereocenters. The van der Waals surface area contributed by atoms with E-state index in [0.29, 0.717) is 46.0 Å². The quantitative estimate of drug-likeness (QED) is 0.0828. The fraction of sp³-hybridized carbons (Fsp3) is 0.146. The van der Waals surface area contributed by atoms with Gasteiger partial charge in [-0.1, -0.05) is 84.9 Å². The number of imidazole rings is 4. The van der Waals surface area contributed by atoms with Gasteiger partial charge >= 0.3 is 21.1 Å². The second-order valence-electron chi connectivity index (χ2n) is 30.9. The first-order chi connectivity index (χ1) is 61.6. The van der Waals surface area contributed by atoms with Gasteiger partial charge in [0.25, 0.3) is 0 Å². The Balaban J connectivity index is 0.000000139. The monoisotopic (exact) mass is 2450 g/mol. The molecule has 0 N–H and O–H groups in total. The average molecular weight is 2450 g/mol. The summed E-state index contributed by atoms with van der Waals surface area (Å²) in [4.78, 5) is 49.3. The van der Waals surface area contributed by atoms with E-state index in [2.05, 4.69) is 156 Å². The van der Waals surface area contributed by atoms with Crippen LogP contribution < -0.4 is 38.5 Å². The minimum Gasteiger partial charge on any atom is -0.510 e. The summed E-state index contributed by atoms with van der Waals surface area (Å²) in [5.41, 5.74) is 27.9. The molecule has 0 saturated heterocycles. The molecule has 0 saturated carbocycles. The predicted octanol–water partition coefficient (Wildman–Crippen LogP) is 21.6. The first-order valence-electron chi connectivity index (χ1n) is 41.3. The zero-order valence-electron chi connectivity index (χ0n) is 74.1. The molecule has 0 spiro atoms. The van der Waals surface area contributed by atoms with E-state index in [1.54, 1.807) is 24.8 Å². The number of para-hydroxylation sites is 2. The summed E-state index contributed by atoms with van der Waals surface area (Å²) in [7, 11) is 6.06. The number of ether oxygens (including phenoxy) is 4. The van der Waals surface area contributed by atoms with Crippen molar-refractivity contribution in [2.45, 2.75) is 83.1 Å². The predicted molar refractivity (Wildman–Crippen MR) is 493 cm³/mol. The Bertz CT molecular complexity index is 7220. The Hall–Kier alpha value is -13.1. The van der Waals surface area contributed by atoms with Crippen LogP contribution in [-0.2, 0) is 84.3 Å². The van der Waals surface area contributed by atoms with E-state index in [1.807, 2.05) is 311 Å². The van der Waals surface area contributed by atoms with E-state index < -0.39 is 0 Å². The van der Waals surface area contributed by atoms with E-state index in [9.17, 15) is 0 Å². The summed E-state index contributed by atoms with van der Waals surface area (Å²) in [6.07, 6.45) is 11.1. The zero-order chi connectivity index (χ0) is 87.8. The number of aryl methyl sites for hydroxylation is 10. The molecule has 0 bridgehead atoms. The maximum atomic E-state index is 6.27. The fourth-order valence-corrected chi connectivity index (χ4v) is 15.3. The molecular formula is C103H87N20O4Pt4-9. The minimum atomic E-state index is 0. The third-order valence-corrected chi connectivity index (χ3v) is 22.2. The van der Waals surface area contributed by atoms with E-state index in [4.69, 9.17) is 33.9 Å². The molecule has 16 heterocycles. The average Bonchev–Trinajstić information content (AvgIpc) is 1.64. The minimum absolute atomic E-state index is 0. The molecular weight excluding hydrogens is 2360 g/mol. The maximum absolute atomic E-state index is 6.27. The summed E-state index contributed by atoms with van der Waals surface area (Å²) in [5.74, 6) is 4.67. The molecule has 24 nitrogen and oxygen atoms in total. The number of allylic oxidation sites excluding steroid dienone is 2. The molecule has 0 aliphatic carbocycles. The third kappa shape index (κ3) is 19.8. The van der Waals surface area contributed by atoms with Crippen molar-refractivity contribution in [3.8, 4) is 97.2 Å². The molecule has 0 unspecified atom stereocenters. The van der Waals surface area contributed by atoms with Gasteiger partial charge in [-0.05, 0) is 216 Å². The van der Waals surface area contributed by atoms with E-state index in [1.165, 1.54) is 5.70 Å². The first-order valence-corrected chi connectivity index (χ1v) is 41.3. The number of pyridine rings is 8. The molecule has 28 heteroatoms. The van der Waals surface area contributed by atoms with Crippen molar-refractivity contribution in [2.24, 2.45) is 0 Å². The van der Waals surface area contributed by atoms with Crippen LogP contribution in [0.25, 0.3) is 73.8 Å². The van der Waals surface area contributed by atoms with Gasteiger partial charge in [-0.15, -0.1) is 114 Å². The van der Waals surface area contributed by atoms with Crippen LogP contribution in [0.4, 0.5) is 28.4 Å². The summed E-state index contributed by atoms with van der Waals surface area (Å²) < 4.78 is 34.9. The maximum Gasteiger partial charge on any atom is 2.00 e. The summed E-state index contributed by atoms with van der Waals surface area (Å²) in [6, 6.07) is 91.5. The van der Waals surface area contributed by atoms with Gasteiger partial charge in [0.2, 0.25) is 0 Å². The molecule has 3 aliphatic rings. The van der Waals surface area contributed by atoms with Gasteiger partial charge in [0.15, 0.2) is 0 Å². The van der Waals surface area contributed by atoms with E-state index in [-0.39, 0.29) is 84.3 Å². The number of benzene rings is 5. The SMILES string of the molecule is CC1=C(C)N(c2[c-]c(Oc3[c-]c(-c4ccccn4)n4c(C)c(C)nc4c3)ccc2)[CH-]N1C.Cc1cc(C)n(-c2[c-]c(Oc3[c-]c(-c4ccccn4)n4c(C)c(C)nc4c3)ccc2)n1.Cc1nc2cc(Oc3[c-]c(N4C=CN(C)[CH-]4)ccc3)[c-]c(-c3ccccn3)n2c1C.Cc1nc2cc(Oc3[c-]c(N4[CH-]N(C)c5ccccc54)ccc3)[c-]c(-c3ccccn3)n2c1C.[Pt+2].[Pt].[Pt].[Pt]. The van der Waals surface area contributed by atoms with Crippen LogP contribution in [0.1, 0.15) is 70.8 Å². The Kier molecular flexibility index (Phi) is 29.1. The van der Waals surface area contributed by atoms with Crippen LogP contribution in [0.5, 0.6) is 46.0 Å². The fourth-order valence-electron chi connectivity index (χ4n) is 15.3. The molecule has 0 amide bonds. The number of nitrogens with zero attached hydrogens (tertiary/aromatic N) is 20. The molecule has 18 aromatic rings. The van der Waals surface area contributed by atoms with Gasteiger partial charge in [0, 0.05) is 180 Å². The summed E-state index contributed by atoms with van der Waals surface area (Å²) in [5, 5.41) is 4.54. The van der Waals surface area contributed by atoms with E-state index in [0.717, 1.165) is 165 Å². The van der Waals surface area contributed by atoms with Gasteiger partial charge in [0.1, 0.15) is 0 Å². The molecule has 0 fully saturated rings. The first kappa shape index (κ1) is 94.0. The van der Waals surface area contributed by atoms with Crippen molar-refractivity contribution in [3.63, 3.8) is 0 Å². The van der Waals surface area contributed by atoms with Gasteiger partial charge in [0.05, 0.1) is 51.1 Å². The number of rotatable bonds is 16. The number of hydrogen-bond donors (Lipinski definition) is 0. The van der Waals surface area contributed by atoms with Crippen LogP contribution in [0.2, 0.25) is 0 Å². The van der Waals surface area contributed by atoms with Crippen molar-refractivity contribution < 1.29 is 103 Å². The van der Waals surface area contributed by atoms with Gasteiger partial charge < -0.3 is 85.9 Å². The Morgan fingerprint density at radius 3 is 0.977 bits per heavy atom. The number of anilines is 5. The van der Waals surface area contributed by atoms with Crippen molar-refractivity contribution in [2.75, 3.05) is 40.7 Å². The van der Waals surface area contributed by atoms with Gasteiger partial charge in [-0.2, -0.15) is 49.4 Å². The summed E-state index contributed by atoms with van der Waals surface area (Å²) >= 11 is 0. The van der Waals surface area contributed by atoms with Crippen molar-refractivity contribution in [1.82, 2.24) is 77.1 Å². The number of aromatic nitrogens is 14. The molecule has 3 aliphatic heterocycles. The second kappa shape index (κ2) is 40.5. The summed E-state index contributed by atoms with van der Waals surface area (Å²) in [6.45, 7) is 30.5. The van der Waals surface area contributed by atoms with Gasteiger partial charge in [-0.25, -0.2) is 19.9 Å².